The fraction of sp³-hybridized carbons (Fsp3) is 0.500. The third-order valence-corrected chi connectivity index (χ3v) is 8.04. The first-order chi connectivity index (χ1) is 24.4. The maximum atomic E-state index is 12.5. The predicted molar refractivity (Wildman–Crippen MR) is 198 cm³/mol. The molecule has 2 aromatic rings. The van der Waals surface area contributed by atoms with Gasteiger partial charge in [0.1, 0.15) is 12.4 Å². The van der Waals surface area contributed by atoms with Gasteiger partial charge in [-0.3, -0.25) is 19.7 Å². The van der Waals surface area contributed by atoms with Gasteiger partial charge >= 0.3 is 23.9 Å². The molecule has 0 saturated heterocycles. The molecular formula is C38H54ClN3O10. The third kappa shape index (κ3) is 18.2. The zero-order valence-corrected chi connectivity index (χ0v) is 31.8. The smallest absolute Gasteiger partial charge is 0.345 e. The Morgan fingerprint density at radius 3 is 2.21 bits per heavy atom. The quantitative estimate of drug-likeness (QED) is 0.100. The number of benzene rings is 2. The fourth-order valence-corrected chi connectivity index (χ4v) is 4.75. The van der Waals surface area contributed by atoms with E-state index in [0.29, 0.717) is 24.3 Å². The largest absolute Gasteiger partial charge is 0.495 e. The van der Waals surface area contributed by atoms with Crippen molar-refractivity contribution in [1.29, 1.82) is 0 Å². The number of aliphatic carboxylic acids is 1. The number of nitrogens with one attached hydrogen (secondary N) is 2. The van der Waals surface area contributed by atoms with Gasteiger partial charge < -0.3 is 35.5 Å². The first-order valence-corrected chi connectivity index (χ1v) is 17.4. The predicted octanol–water partition coefficient (Wildman–Crippen LogP) is 5.12. The highest BCUT2D eigenvalue weighted by molar-refractivity contribution is 6.32. The maximum absolute atomic E-state index is 12.5. The van der Waals surface area contributed by atoms with E-state index in [1.807, 2.05) is 70.2 Å². The van der Waals surface area contributed by atoms with Crippen LogP contribution in [-0.2, 0) is 41.7 Å². The standard InChI is InChI=1S/C30H45N3O9.C8H9ClO/c1-19(2)14-24(27(37)38)42-28(39)30(4,5)18-32-29(40)33-25(35)9-7-6-8-20(3)23(34)15-21-10-12-22(13-11-21)17-41-26(36)16-31;1-6-3-4-8(10-2)7(9)5-6/h7,9-13,19-20,23-24,34H,6,8,14-18,31H2,1-5H3,(H,37,38)(H2,32,33,35,40);3-5H,1-2H3/b9-7+;. The molecule has 0 heterocycles. The van der Waals surface area contributed by atoms with Crippen LogP contribution in [0.1, 0.15) is 70.6 Å². The van der Waals surface area contributed by atoms with Gasteiger partial charge in [-0.25, -0.2) is 9.59 Å². The van der Waals surface area contributed by atoms with Gasteiger partial charge in [-0.1, -0.05) is 68.8 Å². The van der Waals surface area contributed by atoms with Gasteiger partial charge in [0, 0.05) is 6.54 Å². The van der Waals surface area contributed by atoms with E-state index in [4.69, 9.17) is 31.5 Å². The van der Waals surface area contributed by atoms with Gasteiger partial charge in [0.05, 0.1) is 30.2 Å². The van der Waals surface area contributed by atoms with Crippen molar-refractivity contribution < 1.29 is 48.4 Å². The van der Waals surface area contributed by atoms with E-state index in [2.05, 4.69) is 10.6 Å². The number of rotatable bonds is 18. The summed E-state index contributed by atoms with van der Waals surface area (Å²) in [7, 11) is 1.61. The third-order valence-electron chi connectivity index (χ3n) is 7.75. The molecule has 0 aromatic heterocycles. The molecule has 52 heavy (non-hydrogen) atoms. The van der Waals surface area contributed by atoms with E-state index in [9.17, 15) is 34.2 Å². The molecule has 0 aliphatic heterocycles. The Morgan fingerprint density at radius 1 is 1.02 bits per heavy atom. The number of carboxylic acids is 1. The average Bonchev–Trinajstić information content (AvgIpc) is 3.08. The lowest BCUT2D eigenvalue weighted by atomic mass is 9.93. The van der Waals surface area contributed by atoms with Crippen molar-refractivity contribution in [3.05, 3.63) is 76.3 Å². The first-order valence-electron chi connectivity index (χ1n) is 17.0. The lowest BCUT2D eigenvalue weighted by Gasteiger charge is -2.25. The SMILES string of the molecule is CC(C)CC(OC(=O)C(C)(C)CNC(=O)NC(=O)/C=C/CCC(C)C(O)Cc1ccc(COC(=O)CN)cc1)C(=O)O.COc1ccc(C)cc1Cl. The summed E-state index contributed by atoms with van der Waals surface area (Å²) in [6.07, 6.45) is 2.64. The number of ether oxygens (including phenoxy) is 3. The molecule has 3 atom stereocenters. The van der Waals surface area contributed by atoms with Crippen LogP contribution in [0.15, 0.2) is 54.6 Å². The molecule has 2 aromatic carbocycles. The van der Waals surface area contributed by atoms with Crippen LogP contribution in [0.3, 0.4) is 0 Å². The number of methoxy groups -OCH3 is 1. The number of imide groups is 1. The molecule has 288 valence electrons. The summed E-state index contributed by atoms with van der Waals surface area (Å²) in [6, 6.07) is 12.3. The molecule has 0 bridgehead atoms. The lowest BCUT2D eigenvalue weighted by Crippen LogP contribution is -2.46. The number of allylic oxidation sites excluding steroid dienone is 1. The number of hydrogen-bond donors (Lipinski definition) is 5. The molecule has 0 spiro atoms. The van der Waals surface area contributed by atoms with E-state index in [-0.39, 0.29) is 38.0 Å². The Kier molecular flexibility index (Phi) is 20.3. The van der Waals surface area contributed by atoms with Crippen molar-refractivity contribution in [3.8, 4) is 5.75 Å². The van der Waals surface area contributed by atoms with Crippen LogP contribution in [0.2, 0.25) is 5.02 Å². The summed E-state index contributed by atoms with van der Waals surface area (Å²) in [6.45, 7) is 10.3. The number of urea groups is 1. The van der Waals surface area contributed by atoms with Crippen LogP contribution in [0, 0.1) is 24.2 Å². The highest BCUT2D eigenvalue weighted by atomic mass is 35.5. The second kappa shape index (κ2) is 23.2. The van der Waals surface area contributed by atoms with Crippen LogP contribution in [0.4, 0.5) is 4.79 Å². The van der Waals surface area contributed by atoms with Crippen molar-refractivity contribution in [1.82, 2.24) is 10.6 Å². The molecule has 13 nitrogen and oxygen atoms in total. The Hall–Kier alpha value is -4.46. The fourth-order valence-electron chi connectivity index (χ4n) is 4.44. The Morgan fingerprint density at radius 2 is 1.65 bits per heavy atom. The van der Waals surface area contributed by atoms with Gasteiger partial charge in [-0.2, -0.15) is 0 Å². The van der Waals surface area contributed by atoms with Gasteiger partial charge in [0.15, 0.2) is 6.10 Å². The van der Waals surface area contributed by atoms with Crippen molar-refractivity contribution in [2.45, 2.75) is 86.0 Å². The van der Waals surface area contributed by atoms with Gasteiger partial charge in [-0.05, 0) is 93.2 Å². The molecular weight excluding hydrogens is 694 g/mol. The van der Waals surface area contributed by atoms with Crippen LogP contribution in [0.5, 0.6) is 5.75 Å². The molecule has 3 amide bonds. The monoisotopic (exact) mass is 747 g/mol. The zero-order chi connectivity index (χ0) is 39.4. The molecule has 0 saturated carbocycles. The zero-order valence-electron chi connectivity index (χ0n) is 31.1. The van der Waals surface area contributed by atoms with E-state index >= 15 is 0 Å². The molecule has 0 aliphatic carbocycles. The number of nitrogens with two attached hydrogens (primary N) is 1. The summed E-state index contributed by atoms with van der Waals surface area (Å²) < 4.78 is 15.1. The Balaban J connectivity index is 0.00000115. The highest BCUT2D eigenvalue weighted by Crippen LogP contribution is 2.24. The number of carbonyl (C=O) groups excluding carboxylic acids is 4. The van der Waals surface area contributed by atoms with Crippen molar-refractivity contribution in [2.75, 3.05) is 20.2 Å². The number of esters is 2. The molecule has 0 fully saturated rings. The molecule has 0 aliphatic rings. The van der Waals surface area contributed by atoms with Gasteiger partial charge in [-0.15, -0.1) is 0 Å². The van der Waals surface area contributed by atoms with Crippen molar-refractivity contribution in [2.24, 2.45) is 23.0 Å². The second-order valence-corrected chi connectivity index (χ2v) is 13.9. The minimum absolute atomic E-state index is 0.00467. The topological polar surface area (TPSA) is 204 Å². The summed E-state index contributed by atoms with van der Waals surface area (Å²) in [5.41, 5.74) is 6.88. The van der Waals surface area contributed by atoms with E-state index in [0.717, 1.165) is 22.4 Å². The van der Waals surface area contributed by atoms with E-state index in [1.54, 1.807) is 13.2 Å². The van der Waals surface area contributed by atoms with Crippen molar-refractivity contribution >= 4 is 41.4 Å². The number of aliphatic hydroxyl groups is 1. The molecule has 14 heteroatoms. The minimum Gasteiger partial charge on any atom is -0.495 e. The Bertz CT molecular complexity index is 1490. The van der Waals surface area contributed by atoms with E-state index < -0.39 is 47.5 Å². The van der Waals surface area contributed by atoms with Crippen LogP contribution < -0.4 is 21.1 Å². The molecule has 3 unspecified atom stereocenters. The van der Waals surface area contributed by atoms with Crippen LogP contribution >= 0.6 is 11.6 Å². The number of aryl methyl sites for hydroxylation is 1. The number of halogens is 1. The highest BCUT2D eigenvalue weighted by Gasteiger charge is 2.34. The molecule has 0 radical (unpaired) electrons. The number of carboxylic acid groups (broad SMARTS) is 1. The summed E-state index contributed by atoms with van der Waals surface area (Å²) in [5, 5.41) is 25.1. The summed E-state index contributed by atoms with van der Waals surface area (Å²) in [4.78, 5) is 59.2. The normalized spacial score (nSPS) is 12.9. The molecule has 6 N–H and O–H groups in total. The second-order valence-electron chi connectivity index (χ2n) is 13.5. The Labute approximate surface area is 311 Å². The maximum Gasteiger partial charge on any atom is 0.345 e. The van der Waals surface area contributed by atoms with Gasteiger partial charge in [0.25, 0.3) is 5.91 Å². The van der Waals surface area contributed by atoms with E-state index in [1.165, 1.54) is 19.9 Å². The summed E-state index contributed by atoms with van der Waals surface area (Å²) in [5.74, 6) is -2.47. The summed E-state index contributed by atoms with van der Waals surface area (Å²) >= 11 is 5.80. The number of aliphatic hydroxyl groups excluding tert-OH is 1. The van der Waals surface area contributed by atoms with Crippen LogP contribution in [0.25, 0.3) is 0 Å². The van der Waals surface area contributed by atoms with Crippen molar-refractivity contribution in [3.63, 3.8) is 0 Å². The number of amides is 3. The average molecular weight is 748 g/mol. The molecule has 2 rings (SSSR count). The van der Waals surface area contributed by atoms with Crippen LogP contribution in [-0.4, -0.2) is 72.5 Å². The first kappa shape index (κ1) is 45.6. The number of hydrogen-bond acceptors (Lipinski definition) is 10. The van der Waals surface area contributed by atoms with Gasteiger partial charge in [0.2, 0.25) is 0 Å². The minimum atomic E-state index is -1.28. The lowest BCUT2D eigenvalue weighted by molar-refractivity contribution is -0.171. The number of carbonyl (C=O) groups is 5.